The number of amides is 1. The van der Waals surface area contributed by atoms with Crippen LogP contribution in [-0.2, 0) is 4.79 Å². The Labute approximate surface area is 103 Å². The molecule has 1 aliphatic rings. The molecular weight excluding hydrogens is 220 g/mol. The van der Waals surface area contributed by atoms with Crippen LogP contribution >= 0.6 is 12.2 Å². The van der Waals surface area contributed by atoms with E-state index in [9.17, 15) is 4.79 Å². The number of hydrogen-bond acceptors (Lipinski definition) is 2. The second kappa shape index (κ2) is 4.32. The van der Waals surface area contributed by atoms with Crippen LogP contribution in [0.25, 0.3) is 0 Å². The number of carbonyl (C=O) groups excluding carboxylic acids is 1. The van der Waals surface area contributed by atoms with Crippen LogP contribution in [0, 0.1) is 10.8 Å². The molecule has 1 rings (SSSR count). The van der Waals surface area contributed by atoms with Crippen LogP contribution < -0.4 is 11.1 Å². The van der Waals surface area contributed by atoms with Gasteiger partial charge in [0.25, 0.3) is 0 Å². The summed E-state index contributed by atoms with van der Waals surface area (Å²) >= 11 is 4.91. The second-order valence-corrected chi connectivity index (χ2v) is 6.51. The molecule has 3 nitrogen and oxygen atoms in total. The van der Waals surface area contributed by atoms with Gasteiger partial charge in [-0.3, -0.25) is 4.79 Å². The molecule has 92 valence electrons. The van der Waals surface area contributed by atoms with Crippen molar-refractivity contribution in [2.24, 2.45) is 16.6 Å². The van der Waals surface area contributed by atoms with Crippen molar-refractivity contribution >= 4 is 23.1 Å². The van der Waals surface area contributed by atoms with Gasteiger partial charge in [-0.15, -0.1) is 0 Å². The highest BCUT2D eigenvalue weighted by Crippen LogP contribution is 2.37. The Morgan fingerprint density at radius 1 is 1.50 bits per heavy atom. The zero-order valence-corrected chi connectivity index (χ0v) is 11.4. The Morgan fingerprint density at radius 2 is 2.06 bits per heavy atom. The SMILES string of the molecule is CC1(C)CCC(NC(=O)C(C)(C)C(N)=S)C1. The van der Waals surface area contributed by atoms with Crippen LogP contribution in [0.3, 0.4) is 0 Å². The van der Waals surface area contributed by atoms with Crippen molar-refractivity contribution in [1.29, 1.82) is 0 Å². The Hall–Kier alpha value is -0.640. The van der Waals surface area contributed by atoms with Crippen LogP contribution in [-0.4, -0.2) is 16.9 Å². The largest absolute Gasteiger partial charge is 0.392 e. The van der Waals surface area contributed by atoms with Crippen molar-refractivity contribution < 1.29 is 4.79 Å². The highest BCUT2D eigenvalue weighted by Gasteiger charge is 2.36. The van der Waals surface area contributed by atoms with E-state index in [1.54, 1.807) is 13.8 Å². The molecule has 1 atom stereocenters. The molecule has 16 heavy (non-hydrogen) atoms. The van der Waals surface area contributed by atoms with Gasteiger partial charge >= 0.3 is 0 Å². The molecule has 0 saturated heterocycles. The number of nitrogens with one attached hydrogen (secondary N) is 1. The fourth-order valence-electron chi connectivity index (χ4n) is 2.04. The van der Waals surface area contributed by atoms with Gasteiger partial charge in [0.2, 0.25) is 5.91 Å². The molecule has 1 amide bonds. The minimum Gasteiger partial charge on any atom is -0.392 e. The maximum absolute atomic E-state index is 12.0. The van der Waals surface area contributed by atoms with Gasteiger partial charge in [-0.1, -0.05) is 26.1 Å². The summed E-state index contributed by atoms with van der Waals surface area (Å²) in [6, 6.07) is 0.274. The quantitative estimate of drug-likeness (QED) is 0.744. The predicted molar refractivity (Wildman–Crippen MR) is 70.1 cm³/mol. The molecule has 1 fully saturated rings. The molecule has 0 aliphatic heterocycles. The van der Waals surface area contributed by atoms with Gasteiger partial charge in [-0.2, -0.15) is 0 Å². The van der Waals surface area contributed by atoms with Crippen molar-refractivity contribution in [1.82, 2.24) is 5.32 Å². The van der Waals surface area contributed by atoms with Crippen molar-refractivity contribution in [2.75, 3.05) is 0 Å². The molecular formula is C12H22N2OS. The number of rotatable bonds is 3. The monoisotopic (exact) mass is 242 g/mol. The molecule has 1 aliphatic carbocycles. The summed E-state index contributed by atoms with van der Waals surface area (Å²) in [7, 11) is 0. The first-order valence-electron chi connectivity index (χ1n) is 5.76. The van der Waals surface area contributed by atoms with E-state index in [4.69, 9.17) is 18.0 Å². The summed E-state index contributed by atoms with van der Waals surface area (Å²) < 4.78 is 0. The summed E-state index contributed by atoms with van der Waals surface area (Å²) in [4.78, 5) is 12.2. The van der Waals surface area contributed by atoms with Gasteiger partial charge in [0.05, 0.1) is 10.4 Å². The molecule has 4 heteroatoms. The first kappa shape index (κ1) is 13.4. The van der Waals surface area contributed by atoms with Gasteiger partial charge in [0.15, 0.2) is 0 Å². The van der Waals surface area contributed by atoms with Crippen molar-refractivity contribution in [3.63, 3.8) is 0 Å². The topological polar surface area (TPSA) is 55.1 Å². The zero-order chi connectivity index (χ0) is 12.6. The Morgan fingerprint density at radius 3 is 2.44 bits per heavy atom. The normalized spacial score (nSPS) is 24.1. The van der Waals surface area contributed by atoms with Crippen LogP contribution in [0.5, 0.6) is 0 Å². The first-order chi connectivity index (χ1) is 7.15. The lowest BCUT2D eigenvalue weighted by Crippen LogP contribution is -2.47. The van der Waals surface area contributed by atoms with Crippen LogP contribution in [0.4, 0.5) is 0 Å². The summed E-state index contributed by atoms with van der Waals surface area (Å²) in [5, 5.41) is 3.05. The highest BCUT2D eigenvalue weighted by atomic mass is 32.1. The molecule has 0 aromatic carbocycles. The van der Waals surface area contributed by atoms with Gasteiger partial charge in [-0.25, -0.2) is 0 Å². The molecule has 0 aromatic heterocycles. The van der Waals surface area contributed by atoms with Gasteiger partial charge in [0, 0.05) is 6.04 Å². The maximum atomic E-state index is 12.0. The Balaban J connectivity index is 2.57. The lowest BCUT2D eigenvalue weighted by molar-refractivity contribution is -0.126. The van der Waals surface area contributed by atoms with Crippen molar-refractivity contribution in [2.45, 2.75) is 53.0 Å². The minimum absolute atomic E-state index is 0.0531. The average molecular weight is 242 g/mol. The summed E-state index contributed by atoms with van der Waals surface area (Å²) in [6.07, 6.45) is 3.24. The van der Waals surface area contributed by atoms with Crippen LogP contribution in [0.1, 0.15) is 47.0 Å². The van der Waals surface area contributed by atoms with Gasteiger partial charge in [0.1, 0.15) is 0 Å². The van der Waals surface area contributed by atoms with E-state index in [2.05, 4.69) is 19.2 Å². The van der Waals surface area contributed by atoms with E-state index in [0.29, 0.717) is 5.41 Å². The summed E-state index contributed by atoms with van der Waals surface area (Å²) in [6.45, 7) is 8.01. The minimum atomic E-state index is -0.748. The molecule has 0 spiro atoms. The fourth-order valence-corrected chi connectivity index (χ4v) is 2.13. The molecule has 0 aromatic rings. The molecule has 0 radical (unpaired) electrons. The van der Waals surface area contributed by atoms with Crippen LogP contribution in [0.15, 0.2) is 0 Å². The summed E-state index contributed by atoms with van der Waals surface area (Å²) in [5.41, 5.74) is 5.16. The van der Waals surface area contributed by atoms with E-state index in [1.807, 2.05) is 0 Å². The van der Waals surface area contributed by atoms with Gasteiger partial charge < -0.3 is 11.1 Å². The third-order valence-corrected chi connectivity index (χ3v) is 4.00. The second-order valence-electron chi connectivity index (χ2n) is 6.07. The molecule has 0 bridgehead atoms. The number of thiocarbonyl (C=S) groups is 1. The highest BCUT2D eigenvalue weighted by molar-refractivity contribution is 7.80. The Kier molecular flexibility index (Phi) is 3.62. The van der Waals surface area contributed by atoms with E-state index in [1.165, 1.54) is 0 Å². The van der Waals surface area contributed by atoms with E-state index in [-0.39, 0.29) is 16.9 Å². The van der Waals surface area contributed by atoms with Crippen molar-refractivity contribution in [3.05, 3.63) is 0 Å². The maximum Gasteiger partial charge on any atom is 0.232 e. The Bertz CT molecular complexity index is 310. The average Bonchev–Trinajstić information content (AvgIpc) is 2.45. The molecule has 0 heterocycles. The number of hydrogen-bond donors (Lipinski definition) is 2. The molecule has 1 unspecified atom stereocenters. The van der Waals surface area contributed by atoms with E-state index < -0.39 is 5.41 Å². The standard InChI is InChI=1S/C12H22N2OS/c1-11(2)6-5-8(7-11)14-10(15)12(3,4)9(13)16/h8H,5-7H2,1-4H3,(H2,13,16)(H,14,15). The van der Waals surface area contributed by atoms with E-state index >= 15 is 0 Å². The first-order valence-corrected chi connectivity index (χ1v) is 6.17. The summed E-state index contributed by atoms with van der Waals surface area (Å²) in [5.74, 6) is -0.0531. The smallest absolute Gasteiger partial charge is 0.232 e. The number of carbonyl (C=O) groups is 1. The third kappa shape index (κ3) is 2.94. The van der Waals surface area contributed by atoms with E-state index in [0.717, 1.165) is 19.3 Å². The fraction of sp³-hybridized carbons (Fsp3) is 0.833. The zero-order valence-electron chi connectivity index (χ0n) is 10.6. The van der Waals surface area contributed by atoms with Crippen LogP contribution in [0.2, 0.25) is 0 Å². The third-order valence-electron chi connectivity index (χ3n) is 3.49. The van der Waals surface area contributed by atoms with Crippen molar-refractivity contribution in [3.8, 4) is 0 Å². The predicted octanol–water partition coefficient (Wildman–Crippen LogP) is 1.99. The molecule has 3 N–H and O–H groups in total. The lowest BCUT2D eigenvalue weighted by Gasteiger charge is -2.25. The van der Waals surface area contributed by atoms with Gasteiger partial charge in [-0.05, 0) is 38.5 Å². The molecule has 1 saturated carbocycles. The number of nitrogens with two attached hydrogens (primary N) is 1. The lowest BCUT2D eigenvalue weighted by atomic mass is 9.90.